The molecule has 0 radical (unpaired) electrons. The van der Waals surface area contributed by atoms with E-state index >= 15 is 0 Å². The fraction of sp³-hybridized carbons (Fsp3) is 0.579. The quantitative estimate of drug-likeness (QED) is 0.845. The Labute approximate surface area is 137 Å². The van der Waals surface area contributed by atoms with Crippen LogP contribution in [0.4, 0.5) is 5.69 Å². The van der Waals surface area contributed by atoms with Crippen LogP contribution in [-0.2, 0) is 14.3 Å². The Bertz CT molecular complexity index is 611. The number of aryl methyl sites for hydroxylation is 2. The molecule has 0 saturated heterocycles. The molecule has 4 heteroatoms. The molecule has 2 aliphatic rings. The van der Waals surface area contributed by atoms with Gasteiger partial charge in [0.1, 0.15) is 0 Å². The van der Waals surface area contributed by atoms with Crippen molar-refractivity contribution in [2.45, 2.75) is 46.0 Å². The number of hydrogen-bond donors (Lipinski definition) is 1. The van der Waals surface area contributed by atoms with E-state index in [-0.39, 0.29) is 18.5 Å². The van der Waals surface area contributed by atoms with Gasteiger partial charge in [0, 0.05) is 12.1 Å². The van der Waals surface area contributed by atoms with E-state index in [2.05, 4.69) is 5.32 Å². The van der Waals surface area contributed by atoms with Crippen molar-refractivity contribution in [3.8, 4) is 0 Å². The smallest absolute Gasteiger partial charge is 0.306 e. The molecule has 2 fully saturated rings. The lowest BCUT2D eigenvalue weighted by molar-refractivity contribution is -0.148. The molecule has 1 aromatic carbocycles. The van der Waals surface area contributed by atoms with Crippen molar-refractivity contribution in [1.29, 1.82) is 0 Å². The topological polar surface area (TPSA) is 55.4 Å². The first kappa shape index (κ1) is 16.0. The number of carbonyl (C=O) groups is 2. The molecular weight excluding hydrogens is 290 g/mol. The lowest BCUT2D eigenvalue weighted by Gasteiger charge is -2.20. The molecule has 1 aromatic rings. The zero-order valence-corrected chi connectivity index (χ0v) is 13.9. The van der Waals surface area contributed by atoms with Crippen molar-refractivity contribution in [3.63, 3.8) is 0 Å². The van der Waals surface area contributed by atoms with Gasteiger partial charge in [-0.25, -0.2) is 0 Å². The third-order valence-electron chi connectivity index (χ3n) is 5.33. The number of esters is 1. The highest BCUT2D eigenvalue weighted by Gasteiger charge is 2.40. The van der Waals surface area contributed by atoms with Crippen LogP contribution in [0.1, 0.15) is 43.2 Å². The normalized spacial score (nSPS) is 25.4. The molecule has 0 spiro atoms. The van der Waals surface area contributed by atoms with Crippen molar-refractivity contribution in [1.82, 2.24) is 0 Å². The van der Waals surface area contributed by atoms with E-state index in [1.807, 2.05) is 32.0 Å². The second kappa shape index (κ2) is 6.73. The number of rotatable bonds is 5. The fourth-order valence-electron chi connectivity index (χ4n) is 4.19. The minimum absolute atomic E-state index is 0.201. The summed E-state index contributed by atoms with van der Waals surface area (Å²) in [5, 5.41) is 2.80. The van der Waals surface area contributed by atoms with Gasteiger partial charge in [-0.05, 0) is 62.5 Å². The van der Waals surface area contributed by atoms with Gasteiger partial charge in [-0.1, -0.05) is 24.1 Å². The molecule has 2 saturated carbocycles. The predicted molar refractivity (Wildman–Crippen MR) is 89.1 cm³/mol. The van der Waals surface area contributed by atoms with Crippen LogP contribution in [0.5, 0.6) is 0 Å². The molecule has 2 aliphatic carbocycles. The van der Waals surface area contributed by atoms with Crippen LogP contribution < -0.4 is 5.32 Å². The summed E-state index contributed by atoms with van der Waals surface area (Å²) >= 11 is 0. The first-order valence-corrected chi connectivity index (χ1v) is 8.54. The molecular formula is C19H25NO3. The predicted octanol–water partition coefficient (Wildman–Crippen LogP) is 3.61. The average molecular weight is 315 g/mol. The Kier molecular flexibility index (Phi) is 4.69. The Morgan fingerprint density at radius 3 is 2.70 bits per heavy atom. The van der Waals surface area contributed by atoms with Gasteiger partial charge in [0.15, 0.2) is 6.61 Å². The van der Waals surface area contributed by atoms with Gasteiger partial charge >= 0.3 is 5.97 Å². The Hall–Kier alpha value is -1.84. The number of nitrogens with one attached hydrogen (secondary N) is 1. The number of carbonyl (C=O) groups excluding carboxylic acids is 2. The zero-order chi connectivity index (χ0) is 16.4. The molecule has 0 heterocycles. The molecule has 4 nitrogen and oxygen atoms in total. The van der Waals surface area contributed by atoms with Crippen molar-refractivity contribution >= 4 is 17.6 Å². The first-order chi connectivity index (χ1) is 11.0. The van der Waals surface area contributed by atoms with Crippen LogP contribution in [0.2, 0.25) is 0 Å². The maximum absolute atomic E-state index is 11.9. The molecule has 1 amide bonds. The number of amides is 1. The van der Waals surface area contributed by atoms with Gasteiger partial charge in [0.05, 0.1) is 0 Å². The summed E-state index contributed by atoms with van der Waals surface area (Å²) in [7, 11) is 0. The number of fused-ring (bicyclic) bond motifs is 2. The standard InChI is InChI=1S/C19H25NO3/c1-12-3-6-17(13(2)7-12)20-18(21)11-23-19(22)10-16-9-14-4-5-15(16)8-14/h3,6-7,14-16H,4-5,8-11H2,1-2H3,(H,20,21)/t14-,15-,16-/m1/s1. The number of ether oxygens (including phenoxy) is 1. The molecule has 0 aromatic heterocycles. The summed E-state index contributed by atoms with van der Waals surface area (Å²) in [5.41, 5.74) is 2.93. The summed E-state index contributed by atoms with van der Waals surface area (Å²) in [6, 6.07) is 5.83. The van der Waals surface area contributed by atoms with Gasteiger partial charge in [-0.2, -0.15) is 0 Å². The average Bonchev–Trinajstić information content (AvgIpc) is 3.11. The lowest BCUT2D eigenvalue weighted by atomic mass is 9.86. The van der Waals surface area contributed by atoms with E-state index < -0.39 is 0 Å². The minimum Gasteiger partial charge on any atom is -0.456 e. The Morgan fingerprint density at radius 1 is 1.22 bits per heavy atom. The number of hydrogen-bond acceptors (Lipinski definition) is 3. The summed E-state index contributed by atoms with van der Waals surface area (Å²) in [6.07, 6.45) is 5.50. The second-order valence-electron chi connectivity index (χ2n) is 7.17. The van der Waals surface area contributed by atoms with E-state index in [0.29, 0.717) is 18.3 Å². The van der Waals surface area contributed by atoms with Crippen LogP contribution >= 0.6 is 0 Å². The summed E-state index contributed by atoms with van der Waals surface area (Å²) in [4.78, 5) is 23.9. The molecule has 23 heavy (non-hydrogen) atoms. The maximum Gasteiger partial charge on any atom is 0.306 e. The van der Waals surface area contributed by atoms with Gasteiger partial charge in [0.2, 0.25) is 0 Å². The minimum atomic E-state index is -0.279. The van der Waals surface area contributed by atoms with Crippen molar-refractivity contribution in [3.05, 3.63) is 29.3 Å². The molecule has 1 N–H and O–H groups in total. The Balaban J connectivity index is 1.42. The van der Waals surface area contributed by atoms with Crippen LogP contribution in [-0.4, -0.2) is 18.5 Å². The molecule has 124 valence electrons. The highest BCUT2D eigenvalue weighted by molar-refractivity contribution is 5.93. The molecule has 3 atom stereocenters. The third kappa shape index (κ3) is 3.92. The number of anilines is 1. The van der Waals surface area contributed by atoms with Crippen LogP contribution in [0.3, 0.4) is 0 Å². The molecule has 3 rings (SSSR count). The lowest BCUT2D eigenvalue weighted by Crippen LogP contribution is -2.23. The van der Waals surface area contributed by atoms with E-state index in [1.165, 1.54) is 19.3 Å². The van der Waals surface area contributed by atoms with E-state index in [9.17, 15) is 9.59 Å². The summed E-state index contributed by atoms with van der Waals surface area (Å²) in [5.74, 6) is 1.49. The zero-order valence-electron chi connectivity index (χ0n) is 13.9. The first-order valence-electron chi connectivity index (χ1n) is 8.54. The van der Waals surface area contributed by atoms with Crippen LogP contribution in [0, 0.1) is 31.6 Å². The molecule has 0 unspecified atom stereocenters. The maximum atomic E-state index is 11.9. The van der Waals surface area contributed by atoms with Crippen LogP contribution in [0.15, 0.2) is 18.2 Å². The van der Waals surface area contributed by atoms with Crippen molar-refractivity contribution < 1.29 is 14.3 Å². The second-order valence-corrected chi connectivity index (χ2v) is 7.17. The van der Waals surface area contributed by atoms with Gasteiger partial charge in [0.25, 0.3) is 5.91 Å². The van der Waals surface area contributed by atoms with Crippen LogP contribution in [0.25, 0.3) is 0 Å². The Morgan fingerprint density at radius 2 is 2.04 bits per heavy atom. The number of benzene rings is 1. The highest BCUT2D eigenvalue weighted by atomic mass is 16.5. The third-order valence-corrected chi connectivity index (χ3v) is 5.33. The highest BCUT2D eigenvalue weighted by Crippen LogP contribution is 2.49. The van der Waals surface area contributed by atoms with Gasteiger partial charge in [-0.3, -0.25) is 9.59 Å². The summed E-state index contributed by atoms with van der Waals surface area (Å²) < 4.78 is 5.16. The largest absolute Gasteiger partial charge is 0.456 e. The van der Waals surface area contributed by atoms with E-state index in [4.69, 9.17) is 4.74 Å². The monoisotopic (exact) mass is 315 g/mol. The molecule has 2 bridgehead atoms. The van der Waals surface area contributed by atoms with E-state index in [1.54, 1.807) is 0 Å². The fourth-order valence-corrected chi connectivity index (χ4v) is 4.19. The SMILES string of the molecule is Cc1ccc(NC(=O)COC(=O)C[C@H]2C[C@@H]3CC[C@@H]2C3)c(C)c1. The van der Waals surface area contributed by atoms with Gasteiger partial charge < -0.3 is 10.1 Å². The summed E-state index contributed by atoms with van der Waals surface area (Å²) in [6.45, 7) is 3.76. The van der Waals surface area contributed by atoms with Crippen molar-refractivity contribution in [2.24, 2.45) is 17.8 Å². The van der Waals surface area contributed by atoms with Gasteiger partial charge in [-0.15, -0.1) is 0 Å². The van der Waals surface area contributed by atoms with E-state index in [0.717, 1.165) is 29.2 Å². The molecule has 0 aliphatic heterocycles. The van der Waals surface area contributed by atoms with Crippen molar-refractivity contribution in [2.75, 3.05) is 11.9 Å².